The minimum atomic E-state index is 1.09. The molecule has 0 saturated carbocycles. The number of anilines is 6. The van der Waals surface area contributed by atoms with Crippen molar-refractivity contribution >= 4 is 34.1 Å². The third-order valence-electron chi connectivity index (χ3n) is 11.8. The van der Waals surface area contributed by atoms with Crippen LogP contribution in [0.15, 0.2) is 261 Å². The predicted octanol–water partition coefficient (Wildman–Crippen LogP) is 17.3. The van der Waals surface area contributed by atoms with Gasteiger partial charge in [0.2, 0.25) is 0 Å². The smallest absolute Gasteiger partial charge is 0.0462 e. The van der Waals surface area contributed by atoms with E-state index in [0.717, 1.165) is 45.3 Å². The Hall–Kier alpha value is -8.20. The zero-order chi connectivity index (χ0) is 42.4. The topological polar surface area (TPSA) is 6.48 Å². The van der Waals surface area contributed by atoms with Gasteiger partial charge in [-0.3, -0.25) is 0 Å². The second kappa shape index (κ2) is 17.8. The van der Waals surface area contributed by atoms with Crippen LogP contribution in [0.3, 0.4) is 0 Å². The van der Waals surface area contributed by atoms with E-state index in [9.17, 15) is 0 Å². The van der Waals surface area contributed by atoms with E-state index in [-0.39, 0.29) is 0 Å². The van der Waals surface area contributed by atoms with Gasteiger partial charge in [-0.2, -0.15) is 0 Å². The van der Waals surface area contributed by atoms with Crippen molar-refractivity contribution in [3.63, 3.8) is 0 Å². The lowest BCUT2D eigenvalue weighted by molar-refractivity contribution is 1.28. The maximum atomic E-state index is 2.34. The van der Waals surface area contributed by atoms with Gasteiger partial charge >= 0.3 is 0 Å². The summed E-state index contributed by atoms with van der Waals surface area (Å²) >= 11 is 0. The highest BCUT2D eigenvalue weighted by Crippen LogP contribution is 2.40. The quantitative estimate of drug-likeness (QED) is 0.128. The van der Waals surface area contributed by atoms with Gasteiger partial charge in [0.25, 0.3) is 0 Å². The fourth-order valence-corrected chi connectivity index (χ4v) is 8.35. The van der Waals surface area contributed by atoms with Crippen LogP contribution in [-0.4, -0.2) is 0 Å². The van der Waals surface area contributed by atoms with Crippen molar-refractivity contribution in [2.24, 2.45) is 0 Å². The second-order valence-electron chi connectivity index (χ2n) is 15.9. The summed E-state index contributed by atoms with van der Waals surface area (Å²) in [5, 5.41) is 0. The molecule has 0 unspecified atom stereocenters. The molecular weight excluding hydrogens is 761 g/mol. The summed E-state index contributed by atoms with van der Waals surface area (Å²) in [6.07, 6.45) is 0. The lowest BCUT2D eigenvalue weighted by Gasteiger charge is -2.26. The standard InChI is InChI=1S/C61H46N2/c1-45-17-19-48(20-18-45)52-27-41-60(42-28-52)63(59-35-25-51(26-36-59)47-13-7-3-8-14-47)61-43-33-55(34-44-61)54-31-39-58(40-32-54)62(56-15-9-4-10-16-56)57-37-29-53(30-38-57)50-23-21-49(22-24-50)46-11-5-2-6-12-46/h2-44H,1H3. The summed E-state index contributed by atoms with van der Waals surface area (Å²) in [4.78, 5) is 4.66. The van der Waals surface area contributed by atoms with Crippen molar-refractivity contribution in [1.82, 2.24) is 0 Å². The number of nitrogens with zero attached hydrogens (tertiary/aromatic N) is 2. The molecule has 0 aliphatic heterocycles. The molecule has 0 atom stereocenters. The molecule has 0 spiro atoms. The second-order valence-corrected chi connectivity index (χ2v) is 15.9. The van der Waals surface area contributed by atoms with E-state index in [1.165, 1.54) is 50.1 Å². The summed E-state index contributed by atoms with van der Waals surface area (Å²) in [5.41, 5.74) is 19.8. The van der Waals surface area contributed by atoms with E-state index < -0.39 is 0 Å². The normalized spacial score (nSPS) is 10.9. The van der Waals surface area contributed by atoms with Crippen LogP contribution in [0.5, 0.6) is 0 Å². The van der Waals surface area contributed by atoms with Crippen molar-refractivity contribution in [1.29, 1.82) is 0 Å². The van der Waals surface area contributed by atoms with Crippen LogP contribution < -0.4 is 9.80 Å². The molecular formula is C61H46N2. The van der Waals surface area contributed by atoms with Crippen LogP contribution in [-0.2, 0) is 0 Å². The van der Waals surface area contributed by atoms with E-state index in [0.29, 0.717) is 0 Å². The molecule has 0 bridgehead atoms. The van der Waals surface area contributed by atoms with E-state index in [1.54, 1.807) is 0 Å². The van der Waals surface area contributed by atoms with Gasteiger partial charge in [-0.1, -0.05) is 194 Å². The Morgan fingerprint density at radius 2 is 0.349 bits per heavy atom. The first-order valence-corrected chi connectivity index (χ1v) is 21.6. The van der Waals surface area contributed by atoms with Crippen molar-refractivity contribution in [2.75, 3.05) is 9.80 Å². The van der Waals surface area contributed by atoms with Crippen LogP contribution in [0, 0.1) is 6.92 Å². The van der Waals surface area contributed by atoms with Crippen LogP contribution >= 0.6 is 0 Å². The number of para-hydroxylation sites is 1. The van der Waals surface area contributed by atoms with Gasteiger partial charge in [0.05, 0.1) is 0 Å². The Bertz CT molecular complexity index is 3020. The molecule has 0 N–H and O–H groups in total. The Labute approximate surface area is 371 Å². The molecule has 0 amide bonds. The average molecular weight is 807 g/mol. The number of aryl methyl sites for hydroxylation is 1. The van der Waals surface area contributed by atoms with Gasteiger partial charge in [0, 0.05) is 34.1 Å². The van der Waals surface area contributed by atoms with E-state index in [4.69, 9.17) is 0 Å². The van der Waals surface area contributed by atoms with Crippen LogP contribution in [0.25, 0.3) is 55.6 Å². The monoisotopic (exact) mass is 806 g/mol. The third kappa shape index (κ3) is 8.57. The molecule has 0 aromatic heterocycles. The van der Waals surface area contributed by atoms with Gasteiger partial charge in [-0.05, 0) is 135 Å². The molecule has 2 heteroatoms. The number of benzene rings is 10. The maximum Gasteiger partial charge on any atom is 0.0462 e. The van der Waals surface area contributed by atoms with Crippen molar-refractivity contribution in [3.8, 4) is 55.6 Å². The van der Waals surface area contributed by atoms with Gasteiger partial charge in [0.15, 0.2) is 0 Å². The largest absolute Gasteiger partial charge is 0.311 e. The molecule has 0 heterocycles. The molecule has 10 rings (SSSR count). The summed E-state index contributed by atoms with van der Waals surface area (Å²) < 4.78 is 0. The van der Waals surface area contributed by atoms with Crippen LogP contribution in [0.2, 0.25) is 0 Å². The average Bonchev–Trinajstić information content (AvgIpc) is 3.36. The fourth-order valence-electron chi connectivity index (χ4n) is 8.35. The number of hydrogen-bond acceptors (Lipinski definition) is 2. The van der Waals surface area contributed by atoms with Gasteiger partial charge in [-0.15, -0.1) is 0 Å². The summed E-state index contributed by atoms with van der Waals surface area (Å²) in [7, 11) is 0. The van der Waals surface area contributed by atoms with Crippen molar-refractivity contribution < 1.29 is 0 Å². The Balaban J connectivity index is 0.922. The molecule has 300 valence electrons. The molecule has 0 aliphatic rings. The number of rotatable bonds is 11. The lowest BCUT2D eigenvalue weighted by Crippen LogP contribution is -2.10. The van der Waals surface area contributed by atoms with E-state index in [2.05, 4.69) is 278 Å². The Kier molecular flexibility index (Phi) is 11.0. The maximum absolute atomic E-state index is 2.34. The SMILES string of the molecule is Cc1ccc(-c2ccc(N(c3ccc(-c4ccccc4)cc3)c3ccc(-c4ccc(N(c5ccccc5)c5ccc(-c6ccc(-c7ccccc7)cc6)cc5)cc4)cc3)cc2)cc1. The highest BCUT2D eigenvalue weighted by molar-refractivity contribution is 5.83. The van der Waals surface area contributed by atoms with Crippen LogP contribution in [0.1, 0.15) is 5.56 Å². The fraction of sp³-hybridized carbons (Fsp3) is 0.0164. The molecule has 0 aliphatic carbocycles. The zero-order valence-electron chi connectivity index (χ0n) is 35.2. The molecule has 10 aromatic rings. The van der Waals surface area contributed by atoms with E-state index in [1.807, 2.05) is 0 Å². The highest BCUT2D eigenvalue weighted by Gasteiger charge is 2.16. The highest BCUT2D eigenvalue weighted by atomic mass is 15.1. The first-order chi connectivity index (χ1) is 31.1. The first-order valence-electron chi connectivity index (χ1n) is 21.6. The van der Waals surface area contributed by atoms with Crippen molar-refractivity contribution in [2.45, 2.75) is 6.92 Å². The molecule has 10 aromatic carbocycles. The molecule has 0 fully saturated rings. The summed E-state index contributed by atoms with van der Waals surface area (Å²) in [6.45, 7) is 2.13. The zero-order valence-corrected chi connectivity index (χ0v) is 35.2. The molecule has 0 radical (unpaired) electrons. The molecule has 0 saturated heterocycles. The van der Waals surface area contributed by atoms with Crippen molar-refractivity contribution in [3.05, 3.63) is 266 Å². The molecule has 2 nitrogen and oxygen atoms in total. The summed E-state index contributed by atoms with van der Waals surface area (Å²) in [6, 6.07) is 93.7. The van der Waals surface area contributed by atoms with Gasteiger partial charge in [0.1, 0.15) is 0 Å². The van der Waals surface area contributed by atoms with Gasteiger partial charge in [-0.25, -0.2) is 0 Å². The molecule has 63 heavy (non-hydrogen) atoms. The first kappa shape index (κ1) is 39.0. The van der Waals surface area contributed by atoms with Gasteiger partial charge < -0.3 is 9.80 Å². The predicted molar refractivity (Wildman–Crippen MR) is 268 cm³/mol. The minimum absolute atomic E-state index is 1.09. The summed E-state index contributed by atoms with van der Waals surface area (Å²) in [5.74, 6) is 0. The Morgan fingerprint density at radius 1 is 0.175 bits per heavy atom. The third-order valence-corrected chi connectivity index (χ3v) is 11.8. The van der Waals surface area contributed by atoms with E-state index >= 15 is 0 Å². The lowest BCUT2D eigenvalue weighted by atomic mass is 10.00. The minimum Gasteiger partial charge on any atom is -0.311 e. The number of hydrogen-bond donors (Lipinski definition) is 0. The Morgan fingerprint density at radius 3 is 0.603 bits per heavy atom. The van der Waals surface area contributed by atoms with Crippen LogP contribution in [0.4, 0.5) is 34.1 Å².